The fourth-order valence-electron chi connectivity index (χ4n) is 2.78. The number of nitrogens with one attached hydrogen (secondary N) is 1. The third kappa shape index (κ3) is 5.80. The maximum absolute atomic E-state index is 12.3. The minimum Gasteiger partial charge on any atom is -0.457 e. The minimum absolute atomic E-state index is 0.0597. The Morgan fingerprint density at radius 1 is 0.969 bits per heavy atom. The molecule has 2 N–H and O–H groups in total. The molecular weight excluding hydrogens is 453 g/mol. The van der Waals surface area contributed by atoms with E-state index in [1.807, 2.05) is 0 Å². The predicted molar refractivity (Wildman–Crippen MR) is 109 cm³/mol. The topological polar surface area (TPSA) is 109 Å². The number of benzene rings is 2. The largest absolute Gasteiger partial charge is 0.573 e. The highest BCUT2D eigenvalue weighted by molar-refractivity contribution is 7.92. The van der Waals surface area contributed by atoms with Gasteiger partial charge in [0.25, 0.3) is 5.56 Å². The highest BCUT2D eigenvalue weighted by atomic mass is 32.2. The molecule has 1 heterocycles. The summed E-state index contributed by atoms with van der Waals surface area (Å²) in [6.07, 6.45) is -4.36. The van der Waals surface area contributed by atoms with Crippen LogP contribution in [0.4, 0.5) is 18.9 Å². The number of hydrogen-bond acceptors (Lipinski definition) is 6. The summed E-state index contributed by atoms with van der Waals surface area (Å²) in [5.41, 5.74) is -0.754. The van der Waals surface area contributed by atoms with Crippen molar-refractivity contribution in [3.05, 3.63) is 82.8 Å². The average Bonchev–Trinajstić information content (AvgIpc) is 2.69. The number of halogens is 3. The number of sulfonamides is 1. The molecule has 12 heteroatoms. The van der Waals surface area contributed by atoms with Gasteiger partial charge >= 0.3 is 6.36 Å². The molecule has 1 aromatic heterocycles. The van der Waals surface area contributed by atoms with E-state index < -0.39 is 33.9 Å². The zero-order valence-electron chi connectivity index (χ0n) is 16.4. The number of hydrogen-bond donors (Lipinski definition) is 2. The van der Waals surface area contributed by atoms with Crippen LogP contribution in [0.2, 0.25) is 0 Å². The number of rotatable bonds is 7. The van der Waals surface area contributed by atoms with E-state index in [0.29, 0.717) is 4.31 Å². The number of H-pyrrole nitrogens is 1. The third-order valence-electron chi connectivity index (χ3n) is 4.09. The number of aliphatic hydroxyl groups excluding tert-OH is 1. The predicted octanol–water partition coefficient (Wildman–Crippen LogP) is 3.52. The van der Waals surface area contributed by atoms with Gasteiger partial charge in [0.2, 0.25) is 10.0 Å². The lowest BCUT2D eigenvalue weighted by molar-refractivity contribution is -0.274. The van der Waals surface area contributed by atoms with E-state index >= 15 is 0 Å². The van der Waals surface area contributed by atoms with Gasteiger partial charge in [-0.05, 0) is 60.7 Å². The van der Waals surface area contributed by atoms with E-state index in [2.05, 4.69) is 9.72 Å². The molecule has 1 atom stereocenters. The minimum atomic E-state index is -4.81. The Morgan fingerprint density at radius 3 is 2.00 bits per heavy atom. The van der Waals surface area contributed by atoms with Crippen molar-refractivity contribution in [1.29, 1.82) is 0 Å². The van der Waals surface area contributed by atoms with E-state index in [1.165, 1.54) is 54.7 Å². The Kier molecular flexibility index (Phi) is 6.46. The van der Waals surface area contributed by atoms with Crippen LogP contribution in [-0.4, -0.2) is 31.1 Å². The van der Waals surface area contributed by atoms with Crippen molar-refractivity contribution in [3.8, 4) is 17.2 Å². The molecule has 170 valence electrons. The van der Waals surface area contributed by atoms with Gasteiger partial charge in [-0.3, -0.25) is 4.79 Å². The van der Waals surface area contributed by atoms with Gasteiger partial charge in [-0.1, -0.05) is 0 Å². The third-order valence-corrected chi connectivity index (χ3v) is 5.22. The van der Waals surface area contributed by atoms with E-state index in [4.69, 9.17) is 4.74 Å². The number of nitrogens with zero attached hydrogens (tertiary/aromatic N) is 1. The van der Waals surface area contributed by atoms with Crippen molar-refractivity contribution < 1.29 is 36.2 Å². The molecule has 0 saturated heterocycles. The summed E-state index contributed by atoms with van der Waals surface area (Å²) >= 11 is 0. The smallest absolute Gasteiger partial charge is 0.457 e. The van der Waals surface area contributed by atoms with Crippen LogP contribution < -0.4 is 19.3 Å². The Labute approximate surface area is 180 Å². The van der Waals surface area contributed by atoms with Crippen molar-refractivity contribution in [1.82, 2.24) is 4.98 Å². The fourth-order valence-corrected chi connectivity index (χ4v) is 3.77. The summed E-state index contributed by atoms with van der Waals surface area (Å²) in [5, 5.41) is 10.6. The normalized spacial score (nSPS) is 12.8. The zero-order chi connectivity index (χ0) is 23.5. The molecule has 0 aliphatic heterocycles. The quantitative estimate of drug-likeness (QED) is 0.512. The molecule has 8 nitrogen and oxygen atoms in total. The number of aromatic nitrogens is 1. The molecular formula is C20H17F3N2O6S. The molecule has 0 fully saturated rings. The monoisotopic (exact) mass is 470 g/mol. The molecule has 1 unspecified atom stereocenters. The van der Waals surface area contributed by atoms with Gasteiger partial charge in [0, 0.05) is 6.20 Å². The number of pyridine rings is 1. The van der Waals surface area contributed by atoms with Gasteiger partial charge in [-0.15, -0.1) is 13.2 Å². The van der Waals surface area contributed by atoms with Crippen molar-refractivity contribution in [2.75, 3.05) is 10.6 Å². The molecule has 0 radical (unpaired) electrons. The molecule has 3 aromatic rings. The van der Waals surface area contributed by atoms with Crippen LogP contribution in [0.1, 0.15) is 11.8 Å². The summed E-state index contributed by atoms with van der Waals surface area (Å²) in [6, 6.07) is 12.9. The van der Waals surface area contributed by atoms with Gasteiger partial charge in [-0.2, -0.15) is 0 Å². The first kappa shape index (κ1) is 23.2. The van der Waals surface area contributed by atoms with Gasteiger partial charge in [0.05, 0.1) is 17.5 Å². The van der Waals surface area contributed by atoms with Gasteiger partial charge in [0.1, 0.15) is 17.2 Å². The second-order valence-electron chi connectivity index (χ2n) is 6.50. The van der Waals surface area contributed by atoms with E-state index in [0.717, 1.165) is 18.4 Å². The van der Waals surface area contributed by atoms with Crippen LogP contribution in [0.3, 0.4) is 0 Å². The average molecular weight is 470 g/mol. The Bertz CT molecular complexity index is 1230. The van der Waals surface area contributed by atoms with Gasteiger partial charge in [0.15, 0.2) is 6.23 Å². The number of aromatic amines is 1. The SMILES string of the molecule is CS(=O)(=O)N(c1ccc(Oc2ccc(OC(F)(F)F)cc2)cc1)C(O)c1ccc[nH]c1=O. The maximum Gasteiger partial charge on any atom is 0.573 e. The van der Waals surface area contributed by atoms with Crippen molar-refractivity contribution in [2.45, 2.75) is 12.6 Å². The van der Waals surface area contributed by atoms with Gasteiger partial charge < -0.3 is 19.6 Å². The Morgan fingerprint density at radius 2 is 1.50 bits per heavy atom. The summed E-state index contributed by atoms with van der Waals surface area (Å²) in [4.78, 5) is 14.3. The molecule has 0 saturated carbocycles. The molecule has 0 spiro atoms. The lowest BCUT2D eigenvalue weighted by Gasteiger charge is -2.27. The molecule has 0 aliphatic rings. The molecule has 0 amide bonds. The van der Waals surface area contributed by atoms with Crippen LogP contribution in [0.25, 0.3) is 0 Å². The van der Waals surface area contributed by atoms with Crippen LogP contribution in [0, 0.1) is 0 Å². The molecule has 0 aliphatic carbocycles. The molecule has 32 heavy (non-hydrogen) atoms. The highest BCUT2D eigenvalue weighted by Crippen LogP contribution is 2.31. The second-order valence-corrected chi connectivity index (χ2v) is 8.36. The van der Waals surface area contributed by atoms with Crippen LogP contribution in [0.15, 0.2) is 71.7 Å². The van der Waals surface area contributed by atoms with E-state index in [1.54, 1.807) is 0 Å². The second kappa shape index (κ2) is 8.93. The van der Waals surface area contributed by atoms with Crippen molar-refractivity contribution in [2.24, 2.45) is 0 Å². The summed E-state index contributed by atoms with van der Waals surface area (Å²) in [7, 11) is -3.99. The van der Waals surface area contributed by atoms with E-state index in [9.17, 15) is 31.5 Å². The number of alkyl halides is 3. The molecule has 2 aromatic carbocycles. The van der Waals surface area contributed by atoms with Crippen LogP contribution in [-0.2, 0) is 10.0 Å². The highest BCUT2D eigenvalue weighted by Gasteiger charge is 2.31. The standard InChI is InChI=1S/C20H17F3N2O6S/c1-32(28,29)25(19(27)17-3-2-12-24-18(17)26)13-4-6-14(7-5-13)30-15-8-10-16(11-9-15)31-20(21,22)23/h2-12,19,27H,1H3,(H,24,26). The van der Waals surface area contributed by atoms with E-state index in [-0.39, 0.29) is 22.7 Å². The maximum atomic E-state index is 12.3. The summed E-state index contributed by atoms with van der Waals surface area (Å²) < 4.78 is 71.2. The Hall–Kier alpha value is -3.51. The lowest BCUT2D eigenvalue weighted by Crippen LogP contribution is -2.36. The van der Waals surface area contributed by atoms with Crippen LogP contribution >= 0.6 is 0 Å². The number of ether oxygens (including phenoxy) is 2. The molecule has 0 bridgehead atoms. The van der Waals surface area contributed by atoms with Crippen LogP contribution in [0.5, 0.6) is 17.2 Å². The Balaban J connectivity index is 1.81. The van der Waals surface area contributed by atoms with Crippen molar-refractivity contribution >= 4 is 15.7 Å². The van der Waals surface area contributed by atoms with Crippen molar-refractivity contribution in [3.63, 3.8) is 0 Å². The number of anilines is 1. The summed E-state index contributed by atoms with van der Waals surface area (Å²) in [6.45, 7) is 0. The first-order valence-corrected chi connectivity index (χ1v) is 10.8. The first-order valence-electron chi connectivity index (χ1n) is 8.93. The lowest BCUT2D eigenvalue weighted by atomic mass is 10.2. The molecule has 3 rings (SSSR count). The number of aliphatic hydroxyl groups is 1. The zero-order valence-corrected chi connectivity index (χ0v) is 17.2. The summed E-state index contributed by atoms with van der Waals surface area (Å²) in [5.74, 6) is 0.0516. The fraction of sp³-hybridized carbons (Fsp3) is 0.150. The first-order chi connectivity index (χ1) is 14.9. The van der Waals surface area contributed by atoms with Gasteiger partial charge in [-0.25, -0.2) is 12.7 Å².